The van der Waals surface area contributed by atoms with E-state index >= 15 is 0 Å². The number of rotatable bonds is 12. The van der Waals surface area contributed by atoms with Crippen LogP contribution in [0.4, 0.5) is 49.2 Å². The normalized spacial score (nSPS) is 14.0. The Morgan fingerprint density at radius 3 is 1.89 bits per heavy atom. The first-order valence-corrected chi connectivity index (χ1v) is 22.0. The number of nitrogens with one attached hydrogen (secondary N) is 4. The van der Waals surface area contributed by atoms with Gasteiger partial charge in [0.2, 0.25) is 28.9 Å². The van der Waals surface area contributed by atoms with Gasteiger partial charge in [0.1, 0.15) is 20.6 Å². The number of ketones is 1. The molecule has 3 aromatic carbocycles. The van der Waals surface area contributed by atoms with Crippen LogP contribution in [0.5, 0.6) is 5.75 Å². The zero-order valence-electron chi connectivity index (χ0n) is 28.9. The molecule has 24 nitrogen and oxygen atoms in total. The minimum absolute atomic E-state index is 0.161. The van der Waals surface area contributed by atoms with Crippen LogP contribution in [0.25, 0.3) is 6.08 Å². The Hall–Kier alpha value is -6.09. The predicted octanol–water partition coefficient (Wildman–Crippen LogP) is 3.82. The van der Waals surface area contributed by atoms with Gasteiger partial charge in [0.25, 0.3) is 40.5 Å². The maximum Gasteiger partial charge on any atom is 0.313 e. The van der Waals surface area contributed by atoms with E-state index in [0.29, 0.717) is 24.3 Å². The van der Waals surface area contributed by atoms with E-state index in [1.807, 2.05) is 5.43 Å². The van der Waals surface area contributed by atoms with Crippen LogP contribution in [0, 0.1) is 12.0 Å². The van der Waals surface area contributed by atoms with Crippen molar-refractivity contribution >= 4 is 122 Å². The molecule has 6 rings (SSSR count). The maximum atomic E-state index is 14.0. The summed E-state index contributed by atoms with van der Waals surface area (Å²) in [6.45, 7) is 0. The van der Waals surface area contributed by atoms with Gasteiger partial charge in [0.05, 0.1) is 32.4 Å². The van der Waals surface area contributed by atoms with Gasteiger partial charge in [0, 0.05) is 5.69 Å². The van der Waals surface area contributed by atoms with Gasteiger partial charge in [-0.15, -0.1) is 0 Å². The molecule has 0 bridgehead atoms. The second-order valence-electron chi connectivity index (χ2n) is 11.7. The molecule has 1 aliphatic rings. The van der Waals surface area contributed by atoms with E-state index in [4.69, 9.17) is 23.2 Å². The summed E-state index contributed by atoms with van der Waals surface area (Å²) in [6, 6.07) is 6.22. The van der Waals surface area contributed by atoms with Crippen molar-refractivity contribution in [1.29, 1.82) is 0 Å². The van der Waals surface area contributed by atoms with Gasteiger partial charge in [-0.1, -0.05) is 11.6 Å². The number of fused-ring (bicyclic) bond motifs is 1. The Labute approximate surface area is 349 Å². The fourth-order valence-electron chi connectivity index (χ4n) is 5.12. The molecule has 0 saturated heterocycles. The van der Waals surface area contributed by atoms with Crippen LogP contribution < -0.4 is 21.4 Å². The third-order valence-electron chi connectivity index (χ3n) is 7.64. The third-order valence-corrected chi connectivity index (χ3v) is 11.6. The molecule has 0 radical (unpaired) electrons. The van der Waals surface area contributed by atoms with Gasteiger partial charge < -0.3 is 21.1 Å². The Morgan fingerprint density at radius 2 is 1.28 bits per heavy atom. The molecule has 2 aromatic heterocycles. The number of carbonyl (C=O) groups excluding carboxylic acids is 1. The van der Waals surface area contributed by atoms with Gasteiger partial charge in [0.15, 0.2) is 11.5 Å². The van der Waals surface area contributed by atoms with Crippen molar-refractivity contribution < 1.29 is 70.6 Å². The molecular formula is C29H18Cl2F2N10O14S4. The quantitative estimate of drug-likeness (QED) is 0.0282. The summed E-state index contributed by atoms with van der Waals surface area (Å²) >= 11 is 11.9. The van der Waals surface area contributed by atoms with Crippen molar-refractivity contribution in [3.05, 3.63) is 86.9 Å². The van der Waals surface area contributed by atoms with Crippen LogP contribution >= 0.6 is 23.2 Å². The minimum atomic E-state index is -5.43. The number of aromatic hydroxyl groups is 1. The lowest BCUT2D eigenvalue weighted by atomic mass is 9.93. The Balaban J connectivity index is 1.44. The molecule has 9 N–H and O–H groups in total. The molecule has 0 unspecified atom stereocenters. The fraction of sp³-hybridized carbons (Fsp3) is 0. The SMILES string of the molecule is O=C1/C(=N/Nc2cc(S(=O)(=O)O)ccc2O)C(S(=O)(=O)O)=Cc2cc(S(=O)(=O)O)cc(Nc3nc(Cl)nc(Nc4cc(Nc5nc(F)nc(F)c5Cl)ccc4S(=O)(=O)O)n3)c21. The summed E-state index contributed by atoms with van der Waals surface area (Å²) in [5, 5.41) is 19.6. The number of nitrogens with zero attached hydrogens (tertiary/aromatic N) is 6. The summed E-state index contributed by atoms with van der Waals surface area (Å²) in [4.78, 5) is 27.8. The summed E-state index contributed by atoms with van der Waals surface area (Å²) < 4.78 is 164. The molecule has 0 fully saturated rings. The summed E-state index contributed by atoms with van der Waals surface area (Å²) in [5.41, 5.74) is -2.36. The van der Waals surface area contributed by atoms with Crippen LogP contribution in [-0.2, 0) is 40.5 Å². The Morgan fingerprint density at radius 1 is 0.656 bits per heavy atom. The summed E-state index contributed by atoms with van der Waals surface area (Å²) in [7, 11) is -20.5. The Bertz CT molecular complexity index is 3260. The average Bonchev–Trinajstić information content (AvgIpc) is 3.11. The molecule has 1 aliphatic carbocycles. The number of aromatic nitrogens is 5. The first-order valence-electron chi connectivity index (χ1n) is 15.5. The number of hydrogen-bond donors (Lipinski definition) is 9. The molecule has 61 heavy (non-hydrogen) atoms. The highest BCUT2D eigenvalue weighted by atomic mass is 35.5. The number of benzene rings is 3. The van der Waals surface area contributed by atoms with E-state index < -0.39 is 146 Å². The van der Waals surface area contributed by atoms with E-state index in [1.165, 1.54) is 0 Å². The van der Waals surface area contributed by atoms with E-state index in [9.17, 15) is 70.6 Å². The number of carbonyl (C=O) groups is 1. The van der Waals surface area contributed by atoms with E-state index in [1.54, 1.807) is 0 Å². The summed E-state index contributed by atoms with van der Waals surface area (Å²) in [5.74, 6) is -5.57. The van der Waals surface area contributed by atoms with Gasteiger partial charge in [-0.25, -0.2) is 0 Å². The monoisotopic (exact) mass is 966 g/mol. The predicted molar refractivity (Wildman–Crippen MR) is 207 cm³/mol. The number of Topliss-reactive ketones (excluding diaryl/α,β-unsaturated/α-hetero) is 1. The van der Waals surface area contributed by atoms with Crippen LogP contribution in [0.3, 0.4) is 0 Å². The number of halogens is 4. The lowest BCUT2D eigenvalue weighted by Gasteiger charge is -2.20. The average molecular weight is 968 g/mol. The topological polar surface area (TPSA) is 380 Å². The van der Waals surface area contributed by atoms with Gasteiger partial charge >= 0.3 is 6.08 Å². The van der Waals surface area contributed by atoms with Crippen molar-refractivity contribution in [2.24, 2.45) is 5.10 Å². The number of allylic oxidation sites excluding steroid dienone is 1. The third kappa shape index (κ3) is 9.94. The van der Waals surface area contributed by atoms with Gasteiger partial charge in [-0.3, -0.25) is 28.4 Å². The molecule has 0 saturated carbocycles. The highest BCUT2D eigenvalue weighted by Crippen LogP contribution is 2.36. The minimum Gasteiger partial charge on any atom is -0.506 e. The second kappa shape index (κ2) is 16.1. The van der Waals surface area contributed by atoms with Gasteiger partial charge in [-0.05, 0) is 71.8 Å². The van der Waals surface area contributed by atoms with Crippen molar-refractivity contribution in [1.82, 2.24) is 24.9 Å². The molecule has 320 valence electrons. The zero-order chi connectivity index (χ0) is 45.0. The zero-order valence-corrected chi connectivity index (χ0v) is 33.7. The maximum absolute atomic E-state index is 14.0. The number of hydrogen-bond acceptors (Lipinski definition) is 20. The second-order valence-corrected chi connectivity index (χ2v) is 18.0. The first-order chi connectivity index (χ1) is 28.2. The first kappa shape index (κ1) is 44.5. The lowest BCUT2D eigenvalue weighted by Crippen LogP contribution is -2.28. The van der Waals surface area contributed by atoms with E-state index in [2.05, 4.69) is 46.0 Å². The molecule has 32 heteroatoms. The Kier molecular flexibility index (Phi) is 11.7. The molecule has 0 spiro atoms. The van der Waals surface area contributed by atoms with Crippen molar-refractivity contribution in [3.8, 4) is 5.75 Å². The molecular weight excluding hydrogens is 950 g/mol. The van der Waals surface area contributed by atoms with E-state index in [0.717, 1.165) is 30.3 Å². The lowest BCUT2D eigenvalue weighted by molar-refractivity contribution is 0.106. The van der Waals surface area contributed by atoms with E-state index in [-0.39, 0.29) is 5.69 Å². The van der Waals surface area contributed by atoms with Crippen molar-refractivity contribution in [3.63, 3.8) is 0 Å². The fourth-order valence-corrected chi connectivity index (χ4v) is 7.75. The molecule has 0 aliphatic heterocycles. The number of hydrazone groups is 1. The van der Waals surface area contributed by atoms with Crippen LogP contribution in [0.2, 0.25) is 10.3 Å². The van der Waals surface area contributed by atoms with Crippen LogP contribution in [0.1, 0.15) is 15.9 Å². The van der Waals surface area contributed by atoms with Crippen molar-refractivity contribution in [2.45, 2.75) is 14.7 Å². The van der Waals surface area contributed by atoms with Crippen LogP contribution in [0.15, 0.2) is 73.2 Å². The number of anilines is 7. The van der Waals surface area contributed by atoms with Crippen LogP contribution in [-0.4, -0.2) is 93.4 Å². The van der Waals surface area contributed by atoms with Crippen molar-refractivity contribution in [2.75, 3.05) is 21.4 Å². The molecule has 0 atom stereocenters. The number of phenols is 1. The molecule has 5 aromatic rings. The largest absolute Gasteiger partial charge is 0.506 e. The van der Waals surface area contributed by atoms with Gasteiger partial charge in [-0.2, -0.15) is 72.5 Å². The number of phenolic OH excluding ortho intramolecular Hbond substituents is 1. The molecule has 0 amide bonds. The highest BCUT2D eigenvalue weighted by Gasteiger charge is 2.36. The smallest absolute Gasteiger partial charge is 0.313 e. The molecule has 2 heterocycles. The standard InChI is InChI=1S/C29H18Cl2F2N10O14S4/c30-21-24(32)37-27(33)38-25(21)34-11-1-4-18(60(52,53)54)15(7-11)35-28-39-26(31)40-29(41-28)36-16-9-13(59(49,50)51)5-10-6-19(61(55,56)57)22(23(45)20(10)16)43-42-14-8-12(58(46,47)48)2-3-17(14)44/h1-9,42,44H,(H,34,37,38)(H,46,47,48)(H,49,50,51)(H,52,53,54)(H,55,56,57)(H2,35,36,39,40,41)/b43-22+. The highest BCUT2D eigenvalue weighted by molar-refractivity contribution is 7.91. The summed E-state index contributed by atoms with van der Waals surface area (Å²) in [6.07, 6.45) is -0.981.